The Hall–Kier alpha value is -2.28. The van der Waals surface area contributed by atoms with Crippen molar-refractivity contribution in [3.63, 3.8) is 0 Å². The van der Waals surface area contributed by atoms with E-state index in [1.165, 1.54) is 30.3 Å². The molecule has 5 nitrogen and oxygen atoms in total. The van der Waals surface area contributed by atoms with Crippen molar-refractivity contribution >= 4 is 55.7 Å². The van der Waals surface area contributed by atoms with Crippen LogP contribution in [0.15, 0.2) is 59.5 Å². The lowest BCUT2D eigenvalue weighted by Crippen LogP contribution is -2.13. The second-order valence-corrected chi connectivity index (χ2v) is 7.85. The summed E-state index contributed by atoms with van der Waals surface area (Å²) in [5.41, 5.74) is 0.501. The zero-order valence-electron chi connectivity index (χ0n) is 12.5. The van der Waals surface area contributed by atoms with Crippen molar-refractivity contribution in [3.05, 3.63) is 70.2 Å². The number of benzene rings is 3. The van der Waals surface area contributed by atoms with Gasteiger partial charge in [0.15, 0.2) is 0 Å². The van der Waals surface area contributed by atoms with Gasteiger partial charge in [0.25, 0.3) is 10.0 Å². The lowest BCUT2D eigenvalue weighted by Gasteiger charge is -2.10. The van der Waals surface area contributed by atoms with Gasteiger partial charge in [0.05, 0.1) is 10.5 Å². The number of halogens is 2. The largest absolute Gasteiger partial charge is 0.478 e. The van der Waals surface area contributed by atoms with Crippen molar-refractivity contribution in [2.75, 3.05) is 4.72 Å². The number of fused-ring (bicyclic) bond motifs is 1. The maximum Gasteiger partial charge on any atom is 0.335 e. The molecule has 0 fully saturated rings. The molecule has 3 aromatic rings. The molecule has 3 aromatic carbocycles. The van der Waals surface area contributed by atoms with Crippen molar-refractivity contribution < 1.29 is 18.3 Å². The number of rotatable bonds is 4. The van der Waals surface area contributed by atoms with E-state index in [0.717, 1.165) is 0 Å². The molecule has 0 bridgehead atoms. The summed E-state index contributed by atoms with van der Waals surface area (Å²) in [7, 11) is -3.86. The molecule has 0 aromatic heterocycles. The SMILES string of the molecule is O=C(O)c1ccc2cc(NS(=O)(=O)c3cc(Cl)cc(Cl)c3)ccc2c1. The molecule has 3 rings (SSSR count). The number of carboxylic acid groups (broad SMARTS) is 1. The van der Waals surface area contributed by atoms with Gasteiger partial charge in [-0.05, 0) is 53.2 Å². The second kappa shape index (κ2) is 6.55. The van der Waals surface area contributed by atoms with Crippen LogP contribution in [0.1, 0.15) is 10.4 Å². The van der Waals surface area contributed by atoms with Crippen LogP contribution in [-0.2, 0) is 10.0 Å². The maximum absolute atomic E-state index is 12.5. The van der Waals surface area contributed by atoms with E-state index in [0.29, 0.717) is 16.5 Å². The Morgan fingerprint density at radius 3 is 2.12 bits per heavy atom. The highest BCUT2D eigenvalue weighted by Crippen LogP contribution is 2.26. The highest BCUT2D eigenvalue weighted by molar-refractivity contribution is 7.92. The first kappa shape index (κ1) is 17.5. The van der Waals surface area contributed by atoms with Crippen molar-refractivity contribution in [2.24, 2.45) is 0 Å². The molecule has 2 N–H and O–H groups in total. The Bertz CT molecular complexity index is 1080. The monoisotopic (exact) mass is 395 g/mol. The molecule has 0 aliphatic rings. The molecular weight excluding hydrogens is 385 g/mol. The van der Waals surface area contributed by atoms with Crippen LogP contribution in [0, 0.1) is 0 Å². The summed E-state index contributed by atoms with van der Waals surface area (Å²) in [6, 6.07) is 13.5. The summed E-state index contributed by atoms with van der Waals surface area (Å²) in [6.07, 6.45) is 0. The number of nitrogens with one attached hydrogen (secondary N) is 1. The number of aromatic carboxylic acids is 1. The summed E-state index contributed by atoms with van der Waals surface area (Å²) in [5, 5.41) is 10.8. The predicted octanol–water partition coefficient (Wildman–Crippen LogP) is 4.65. The molecule has 8 heteroatoms. The molecule has 0 saturated carbocycles. The molecule has 0 saturated heterocycles. The molecule has 0 spiro atoms. The standard InChI is InChI=1S/C17H11Cl2NO4S/c18-13-7-14(19)9-16(8-13)25(23,24)20-15-4-3-10-5-12(17(21)22)2-1-11(10)6-15/h1-9,20H,(H,21,22). The van der Waals surface area contributed by atoms with E-state index >= 15 is 0 Å². The van der Waals surface area contributed by atoms with Gasteiger partial charge in [-0.15, -0.1) is 0 Å². The fraction of sp³-hybridized carbons (Fsp3) is 0. The van der Waals surface area contributed by atoms with Gasteiger partial charge in [-0.2, -0.15) is 0 Å². The normalized spacial score (nSPS) is 11.4. The summed E-state index contributed by atoms with van der Waals surface area (Å²) < 4.78 is 27.4. The van der Waals surface area contributed by atoms with Crippen molar-refractivity contribution in [3.8, 4) is 0 Å². The third-order valence-electron chi connectivity index (χ3n) is 3.49. The number of sulfonamides is 1. The van der Waals surface area contributed by atoms with E-state index in [4.69, 9.17) is 28.3 Å². The molecule has 0 amide bonds. The van der Waals surface area contributed by atoms with Crippen LogP contribution in [-0.4, -0.2) is 19.5 Å². The molecule has 128 valence electrons. The number of hydrogen-bond donors (Lipinski definition) is 2. The quantitative estimate of drug-likeness (QED) is 0.673. The fourth-order valence-corrected chi connectivity index (χ4v) is 4.11. The first-order chi connectivity index (χ1) is 11.7. The van der Waals surface area contributed by atoms with Crippen LogP contribution in [0.5, 0.6) is 0 Å². The minimum Gasteiger partial charge on any atom is -0.478 e. The summed E-state index contributed by atoms with van der Waals surface area (Å²) >= 11 is 11.7. The third kappa shape index (κ3) is 3.87. The minimum absolute atomic E-state index is 0.0497. The highest BCUT2D eigenvalue weighted by Gasteiger charge is 2.16. The summed E-state index contributed by atoms with van der Waals surface area (Å²) in [5.74, 6) is -1.02. The van der Waals surface area contributed by atoms with E-state index in [1.807, 2.05) is 0 Å². The van der Waals surface area contributed by atoms with Crippen molar-refractivity contribution in [2.45, 2.75) is 4.90 Å². The van der Waals surface area contributed by atoms with Crippen LogP contribution in [0.4, 0.5) is 5.69 Å². The average molecular weight is 396 g/mol. The molecule has 25 heavy (non-hydrogen) atoms. The van der Waals surface area contributed by atoms with Gasteiger partial charge in [0.1, 0.15) is 0 Å². The van der Waals surface area contributed by atoms with Crippen LogP contribution in [0.25, 0.3) is 10.8 Å². The number of hydrogen-bond acceptors (Lipinski definition) is 3. The Morgan fingerprint density at radius 1 is 0.880 bits per heavy atom. The van der Waals surface area contributed by atoms with Gasteiger partial charge in [-0.25, -0.2) is 13.2 Å². The number of carboxylic acids is 1. The molecule has 0 unspecified atom stereocenters. The highest BCUT2D eigenvalue weighted by atomic mass is 35.5. The predicted molar refractivity (Wildman–Crippen MR) is 98.2 cm³/mol. The van der Waals surface area contributed by atoms with E-state index < -0.39 is 16.0 Å². The zero-order valence-corrected chi connectivity index (χ0v) is 14.9. The van der Waals surface area contributed by atoms with Crippen LogP contribution >= 0.6 is 23.2 Å². The van der Waals surface area contributed by atoms with Crippen LogP contribution in [0.2, 0.25) is 10.0 Å². The molecule has 0 radical (unpaired) electrons. The van der Waals surface area contributed by atoms with Gasteiger partial charge in [0, 0.05) is 15.7 Å². The Labute approximate surface area is 153 Å². The van der Waals surface area contributed by atoms with E-state index in [9.17, 15) is 13.2 Å². The fourth-order valence-electron chi connectivity index (χ4n) is 2.34. The van der Waals surface area contributed by atoms with Gasteiger partial charge >= 0.3 is 5.97 Å². The molecular formula is C17H11Cl2NO4S. The van der Waals surface area contributed by atoms with Gasteiger partial charge < -0.3 is 5.11 Å². The van der Waals surface area contributed by atoms with E-state index in [1.54, 1.807) is 24.3 Å². The average Bonchev–Trinajstić information content (AvgIpc) is 2.53. The number of carbonyl (C=O) groups is 1. The van der Waals surface area contributed by atoms with E-state index in [-0.39, 0.29) is 20.5 Å². The minimum atomic E-state index is -3.86. The van der Waals surface area contributed by atoms with Crippen molar-refractivity contribution in [1.29, 1.82) is 0 Å². The third-order valence-corrected chi connectivity index (χ3v) is 5.28. The van der Waals surface area contributed by atoms with Crippen molar-refractivity contribution in [1.82, 2.24) is 0 Å². The van der Waals surface area contributed by atoms with Gasteiger partial charge in [-0.3, -0.25) is 4.72 Å². The topological polar surface area (TPSA) is 83.5 Å². The second-order valence-electron chi connectivity index (χ2n) is 5.29. The Morgan fingerprint density at radius 2 is 1.48 bits per heavy atom. The first-order valence-corrected chi connectivity index (χ1v) is 9.24. The van der Waals surface area contributed by atoms with Gasteiger partial charge in [-0.1, -0.05) is 35.3 Å². The van der Waals surface area contributed by atoms with Crippen LogP contribution in [0.3, 0.4) is 0 Å². The summed E-state index contributed by atoms with van der Waals surface area (Å²) in [6.45, 7) is 0. The Balaban J connectivity index is 1.96. The van der Waals surface area contributed by atoms with Gasteiger partial charge in [0.2, 0.25) is 0 Å². The smallest absolute Gasteiger partial charge is 0.335 e. The molecule has 0 aliphatic heterocycles. The first-order valence-electron chi connectivity index (χ1n) is 7.01. The Kier molecular flexibility index (Phi) is 4.60. The molecule has 0 aliphatic carbocycles. The molecule has 0 heterocycles. The maximum atomic E-state index is 12.5. The summed E-state index contributed by atoms with van der Waals surface area (Å²) in [4.78, 5) is 10.9. The lowest BCUT2D eigenvalue weighted by atomic mass is 10.1. The van der Waals surface area contributed by atoms with Crippen LogP contribution < -0.4 is 4.72 Å². The number of anilines is 1. The van der Waals surface area contributed by atoms with E-state index in [2.05, 4.69) is 4.72 Å². The lowest BCUT2D eigenvalue weighted by molar-refractivity contribution is 0.0697. The molecule has 0 atom stereocenters. The zero-order chi connectivity index (χ0) is 18.2.